The summed E-state index contributed by atoms with van der Waals surface area (Å²) in [5, 5.41) is 23.4. The number of piperidine rings is 1. The number of anilines is 3. The zero-order valence-corrected chi connectivity index (χ0v) is 21.7. The zero-order chi connectivity index (χ0) is 27.3. The molecule has 9 nitrogen and oxygen atoms in total. The molecule has 4 rings (SSSR count). The number of aliphatic hydroxyl groups excluding tert-OH is 1. The molecule has 1 aliphatic heterocycles. The molecule has 198 valence electrons. The molecule has 2 aromatic heterocycles. The molecule has 1 fully saturated rings. The highest BCUT2D eigenvalue weighted by Gasteiger charge is 2.49. The maximum absolute atomic E-state index is 14.2. The summed E-state index contributed by atoms with van der Waals surface area (Å²) in [4.78, 5) is 22.2. The van der Waals surface area contributed by atoms with Crippen molar-refractivity contribution in [3.05, 3.63) is 51.2 Å². The van der Waals surface area contributed by atoms with Gasteiger partial charge in [0, 0.05) is 31.7 Å². The summed E-state index contributed by atoms with van der Waals surface area (Å²) in [6, 6.07) is 6.68. The Bertz CT molecular complexity index is 1430. The van der Waals surface area contributed by atoms with E-state index in [1.54, 1.807) is 43.7 Å². The fraction of sp³-hybridized carbons (Fsp3) is 0.480. The number of hydrogen-bond donors (Lipinski definition) is 3. The van der Waals surface area contributed by atoms with Gasteiger partial charge in [-0.25, -0.2) is 23.4 Å². The summed E-state index contributed by atoms with van der Waals surface area (Å²) in [6.45, 7) is 12.0. The molecule has 37 heavy (non-hydrogen) atoms. The number of fused-ring (bicyclic) bond motifs is 1. The average molecular weight is 535 g/mol. The highest BCUT2D eigenvalue weighted by atomic mass is 35.5. The number of aromatic nitrogens is 3. The number of nitrogens with zero attached hydrogens (tertiary/aromatic N) is 5. The van der Waals surface area contributed by atoms with E-state index in [-0.39, 0.29) is 41.1 Å². The van der Waals surface area contributed by atoms with Gasteiger partial charge >= 0.3 is 5.69 Å². The fourth-order valence-electron chi connectivity index (χ4n) is 4.46. The second-order valence-corrected chi connectivity index (χ2v) is 10.6. The fourth-order valence-corrected chi connectivity index (χ4v) is 4.65. The van der Waals surface area contributed by atoms with Crippen molar-refractivity contribution in [3.8, 4) is 0 Å². The van der Waals surface area contributed by atoms with Gasteiger partial charge in [-0.2, -0.15) is 0 Å². The first kappa shape index (κ1) is 26.9. The number of hydrogen-bond acceptors (Lipinski definition) is 6. The minimum atomic E-state index is -3.24. The monoisotopic (exact) mass is 534 g/mol. The summed E-state index contributed by atoms with van der Waals surface area (Å²) >= 11 is 6.41. The summed E-state index contributed by atoms with van der Waals surface area (Å²) in [5.74, 6) is -4.05. The molecule has 3 heterocycles. The average Bonchev–Trinajstić information content (AvgIpc) is 3.05. The third-order valence-corrected chi connectivity index (χ3v) is 6.99. The predicted molar refractivity (Wildman–Crippen MR) is 139 cm³/mol. The van der Waals surface area contributed by atoms with Crippen LogP contribution in [0, 0.1) is 12.5 Å². The summed E-state index contributed by atoms with van der Waals surface area (Å²) in [5.41, 5.74) is 0.826. The number of benzene rings is 1. The van der Waals surface area contributed by atoms with Crippen molar-refractivity contribution in [2.45, 2.75) is 51.4 Å². The molecule has 0 amide bonds. The molecule has 3 N–H and O–H groups in total. The van der Waals surface area contributed by atoms with Gasteiger partial charge < -0.3 is 20.4 Å². The van der Waals surface area contributed by atoms with E-state index in [1.165, 1.54) is 22.5 Å². The Morgan fingerprint density at radius 3 is 2.62 bits per heavy atom. The van der Waals surface area contributed by atoms with Crippen LogP contribution in [0.1, 0.15) is 27.2 Å². The van der Waals surface area contributed by atoms with Crippen molar-refractivity contribution < 1.29 is 19.0 Å². The highest BCUT2D eigenvalue weighted by Crippen LogP contribution is 2.40. The number of imidazole rings is 1. The molecule has 2 atom stereocenters. The lowest BCUT2D eigenvalue weighted by Gasteiger charge is -2.41. The van der Waals surface area contributed by atoms with Crippen molar-refractivity contribution in [2.24, 2.45) is 13.0 Å². The molecule has 0 saturated carbocycles. The number of pyridine rings is 1. The van der Waals surface area contributed by atoms with Gasteiger partial charge in [0.15, 0.2) is 0 Å². The van der Waals surface area contributed by atoms with Crippen LogP contribution in [0.25, 0.3) is 15.9 Å². The molecule has 0 radical (unpaired) electrons. The Morgan fingerprint density at radius 1 is 1.30 bits per heavy atom. The van der Waals surface area contributed by atoms with E-state index in [1.807, 2.05) is 0 Å². The Hall–Kier alpha value is -3.20. The quantitative estimate of drug-likeness (QED) is 0.408. The molecular formula is C25H29ClF2N6O3. The van der Waals surface area contributed by atoms with E-state index in [2.05, 4.69) is 15.1 Å². The summed E-state index contributed by atoms with van der Waals surface area (Å²) in [6.07, 6.45) is -1.53. The van der Waals surface area contributed by atoms with E-state index in [4.69, 9.17) is 18.2 Å². The minimum Gasteiger partial charge on any atom is -0.390 e. The van der Waals surface area contributed by atoms with E-state index < -0.39 is 23.5 Å². The van der Waals surface area contributed by atoms with Crippen LogP contribution in [0.3, 0.4) is 0 Å². The molecule has 0 aliphatic carbocycles. The zero-order valence-electron chi connectivity index (χ0n) is 21.0. The van der Waals surface area contributed by atoms with Crippen LogP contribution >= 0.6 is 11.6 Å². The number of halogens is 3. The normalized spacial score (nSPS) is 19.7. The SMILES string of the molecule is [C-]#[N+]c1cc(Cl)c(Nc2ccc3c(c2)n(CCC(C)(C)O)c(=O)n3C)nc1N1C[C@@H](O)C(F)(F)[C@@H](C)C1. The second-order valence-electron chi connectivity index (χ2n) is 10.2. The number of alkyl halides is 2. The van der Waals surface area contributed by atoms with Crippen LogP contribution in [0.4, 0.5) is 31.8 Å². The van der Waals surface area contributed by atoms with Crippen molar-refractivity contribution in [1.82, 2.24) is 14.1 Å². The van der Waals surface area contributed by atoms with E-state index in [0.29, 0.717) is 29.7 Å². The third-order valence-electron chi connectivity index (χ3n) is 6.70. The molecule has 0 bridgehead atoms. The van der Waals surface area contributed by atoms with Gasteiger partial charge in [-0.05, 0) is 44.5 Å². The highest BCUT2D eigenvalue weighted by molar-refractivity contribution is 6.33. The van der Waals surface area contributed by atoms with Crippen LogP contribution in [0.5, 0.6) is 0 Å². The lowest BCUT2D eigenvalue weighted by atomic mass is 9.93. The molecular weight excluding hydrogens is 506 g/mol. The Balaban J connectivity index is 1.70. The number of nitrogens with one attached hydrogen (secondary N) is 1. The third kappa shape index (κ3) is 5.14. The van der Waals surface area contributed by atoms with Gasteiger partial charge in [-0.1, -0.05) is 18.5 Å². The number of rotatable bonds is 6. The molecule has 1 saturated heterocycles. The first-order chi connectivity index (χ1) is 17.2. The minimum absolute atomic E-state index is 0.0825. The number of aliphatic hydroxyl groups is 2. The van der Waals surface area contributed by atoms with E-state index in [9.17, 15) is 23.8 Å². The molecule has 1 aromatic carbocycles. The predicted octanol–water partition coefficient (Wildman–Crippen LogP) is 4.30. The molecule has 3 aromatic rings. The van der Waals surface area contributed by atoms with Gasteiger partial charge in [0.1, 0.15) is 17.7 Å². The molecule has 1 aliphatic rings. The topological polar surface area (TPSA) is 99.9 Å². The first-order valence-corrected chi connectivity index (χ1v) is 12.2. The van der Waals surface area contributed by atoms with Crippen molar-refractivity contribution in [2.75, 3.05) is 23.3 Å². The Kier molecular flexibility index (Phi) is 6.96. The largest absolute Gasteiger partial charge is 0.390 e. The molecule has 0 unspecified atom stereocenters. The number of β-amino-alcohol motifs (C(OH)–C–C–N with tert-alkyl or cyclic N) is 1. The Morgan fingerprint density at radius 2 is 2.00 bits per heavy atom. The number of aryl methyl sites for hydroxylation is 2. The molecule has 12 heteroatoms. The maximum Gasteiger partial charge on any atom is 0.328 e. The lowest BCUT2D eigenvalue weighted by Crippen LogP contribution is -2.56. The van der Waals surface area contributed by atoms with Crippen LogP contribution in [0.2, 0.25) is 5.02 Å². The maximum atomic E-state index is 14.2. The van der Waals surface area contributed by atoms with E-state index >= 15 is 0 Å². The van der Waals surface area contributed by atoms with Crippen molar-refractivity contribution in [3.63, 3.8) is 0 Å². The van der Waals surface area contributed by atoms with E-state index in [0.717, 1.165) is 0 Å². The summed E-state index contributed by atoms with van der Waals surface area (Å²) in [7, 11) is 1.67. The Labute approximate surface area is 217 Å². The van der Waals surface area contributed by atoms with Crippen LogP contribution in [-0.4, -0.2) is 55.0 Å². The van der Waals surface area contributed by atoms with Gasteiger partial charge in [-0.3, -0.25) is 9.13 Å². The van der Waals surface area contributed by atoms with Crippen LogP contribution < -0.4 is 15.9 Å². The van der Waals surface area contributed by atoms with Gasteiger partial charge in [0.25, 0.3) is 5.92 Å². The van der Waals surface area contributed by atoms with Crippen molar-refractivity contribution >= 4 is 45.6 Å². The van der Waals surface area contributed by atoms with Gasteiger partial charge in [0.2, 0.25) is 5.69 Å². The lowest BCUT2D eigenvalue weighted by molar-refractivity contribution is -0.149. The van der Waals surface area contributed by atoms with Crippen molar-refractivity contribution in [1.29, 1.82) is 0 Å². The van der Waals surface area contributed by atoms with Crippen LogP contribution in [-0.2, 0) is 13.6 Å². The smallest absolute Gasteiger partial charge is 0.328 e. The first-order valence-electron chi connectivity index (χ1n) is 11.8. The summed E-state index contributed by atoms with van der Waals surface area (Å²) < 4.78 is 31.5. The molecule has 0 spiro atoms. The van der Waals surface area contributed by atoms with Gasteiger partial charge in [-0.15, -0.1) is 0 Å². The van der Waals surface area contributed by atoms with Crippen LogP contribution in [0.15, 0.2) is 29.1 Å². The second kappa shape index (κ2) is 9.59. The standard InChI is InChI=1S/C25H29ClF2N6O3/c1-14-12-33(13-20(35)25(14,27)28)22-17(29-4)11-16(26)21(31-22)30-15-6-7-18-19(10-15)34(23(36)32(18)5)9-8-24(2,3)37/h6-7,10-11,14,20,35,37H,8-9,12-13H2,1-3,5H3,(H,30,31)/t14-,20+/m0/s1. The van der Waals surface area contributed by atoms with Gasteiger partial charge in [0.05, 0.1) is 34.8 Å².